The molecule has 3 aromatic rings. The monoisotopic (exact) mass is 527 g/mol. The van der Waals surface area contributed by atoms with E-state index < -0.39 is 0 Å². The van der Waals surface area contributed by atoms with Gasteiger partial charge in [0.15, 0.2) is 11.5 Å². The molecule has 0 aromatic heterocycles. The van der Waals surface area contributed by atoms with E-state index in [4.69, 9.17) is 9.47 Å². The highest BCUT2D eigenvalue weighted by Crippen LogP contribution is 2.41. The van der Waals surface area contributed by atoms with Gasteiger partial charge in [-0.25, -0.2) is 4.79 Å². The Bertz CT molecular complexity index is 1210. The van der Waals surface area contributed by atoms with Crippen LogP contribution in [0.25, 0.3) is 0 Å². The SMILES string of the molecule is COc1cc2c(cc1OCc1ccccc1)CCN(C(=O)NCCN(C)C1CCCCC1)C2c1ccccc1. The van der Waals surface area contributed by atoms with Crippen LogP contribution < -0.4 is 14.8 Å². The fourth-order valence-corrected chi connectivity index (χ4v) is 5.99. The minimum Gasteiger partial charge on any atom is -0.493 e. The summed E-state index contributed by atoms with van der Waals surface area (Å²) in [7, 11) is 3.86. The molecule has 1 aliphatic heterocycles. The second kappa shape index (κ2) is 13.0. The predicted molar refractivity (Wildman–Crippen MR) is 155 cm³/mol. The standard InChI is InChI=1S/C33H41N3O3/c1-35(28-16-10-5-11-17-28)21-19-34-33(37)36-20-18-27-22-31(39-24-25-12-6-3-7-13-25)30(38-2)23-29(27)32(36)26-14-8-4-9-15-26/h3-4,6-9,12-15,22-23,28,32H,5,10-11,16-21,24H2,1-2H3,(H,34,37). The van der Waals surface area contributed by atoms with Gasteiger partial charge in [-0.1, -0.05) is 79.9 Å². The van der Waals surface area contributed by atoms with E-state index in [-0.39, 0.29) is 12.1 Å². The van der Waals surface area contributed by atoms with E-state index in [9.17, 15) is 4.79 Å². The molecule has 1 fully saturated rings. The molecule has 0 radical (unpaired) electrons. The van der Waals surface area contributed by atoms with Crippen LogP contribution in [-0.4, -0.2) is 55.7 Å². The Morgan fingerprint density at radius 1 is 0.974 bits per heavy atom. The first kappa shape index (κ1) is 27.1. The van der Waals surface area contributed by atoms with Crippen LogP contribution in [0.3, 0.4) is 0 Å². The Kier molecular flexibility index (Phi) is 9.04. The van der Waals surface area contributed by atoms with Gasteiger partial charge in [-0.15, -0.1) is 0 Å². The van der Waals surface area contributed by atoms with Crippen LogP contribution in [0, 0.1) is 0 Å². The van der Waals surface area contributed by atoms with Gasteiger partial charge in [0, 0.05) is 25.7 Å². The normalized spacial score (nSPS) is 17.5. The largest absolute Gasteiger partial charge is 0.493 e. The van der Waals surface area contributed by atoms with Crippen molar-refractivity contribution in [2.75, 3.05) is 33.8 Å². The second-order valence-electron chi connectivity index (χ2n) is 10.7. The molecule has 6 nitrogen and oxygen atoms in total. The first-order chi connectivity index (χ1) is 19.1. The highest BCUT2D eigenvalue weighted by atomic mass is 16.5. The number of benzene rings is 3. The molecule has 1 saturated carbocycles. The van der Waals surface area contributed by atoms with Crippen molar-refractivity contribution in [2.45, 2.75) is 57.2 Å². The number of carbonyl (C=O) groups excluding carboxylic acids is 1. The Hall–Kier alpha value is -3.51. The topological polar surface area (TPSA) is 54.0 Å². The van der Waals surface area contributed by atoms with Gasteiger partial charge >= 0.3 is 6.03 Å². The van der Waals surface area contributed by atoms with Gasteiger partial charge in [-0.05, 0) is 60.7 Å². The van der Waals surface area contributed by atoms with Crippen LogP contribution in [0.2, 0.25) is 0 Å². The van der Waals surface area contributed by atoms with Gasteiger partial charge in [0.05, 0.1) is 13.2 Å². The van der Waals surface area contributed by atoms with Gasteiger partial charge in [0.1, 0.15) is 6.61 Å². The highest BCUT2D eigenvalue weighted by molar-refractivity contribution is 5.76. The molecule has 2 amide bonds. The third kappa shape index (κ3) is 6.56. The Morgan fingerprint density at radius 3 is 2.41 bits per heavy atom. The fraction of sp³-hybridized carbons (Fsp3) is 0.424. The number of amides is 2. The molecular formula is C33H41N3O3. The maximum atomic E-state index is 13.6. The molecule has 3 aromatic carbocycles. The van der Waals surface area contributed by atoms with E-state index in [1.807, 2.05) is 41.3 Å². The average Bonchev–Trinajstić information content (AvgIpc) is 3.00. The zero-order valence-electron chi connectivity index (χ0n) is 23.3. The van der Waals surface area contributed by atoms with Crippen molar-refractivity contribution in [1.82, 2.24) is 15.1 Å². The van der Waals surface area contributed by atoms with Crippen molar-refractivity contribution in [2.24, 2.45) is 0 Å². The number of urea groups is 1. The summed E-state index contributed by atoms with van der Waals surface area (Å²) in [4.78, 5) is 18.0. The van der Waals surface area contributed by atoms with E-state index in [0.29, 0.717) is 31.5 Å². The quantitative estimate of drug-likeness (QED) is 0.360. The maximum Gasteiger partial charge on any atom is 0.318 e. The van der Waals surface area contributed by atoms with E-state index in [1.54, 1.807) is 7.11 Å². The Labute approximate surface area is 232 Å². The third-order valence-electron chi connectivity index (χ3n) is 8.21. The van der Waals surface area contributed by atoms with E-state index in [1.165, 1.54) is 37.7 Å². The van der Waals surface area contributed by atoms with Crippen molar-refractivity contribution in [3.05, 3.63) is 95.1 Å². The smallest absolute Gasteiger partial charge is 0.318 e. The van der Waals surface area contributed by atoms with E-state index >= 15 is 0 Å². The predicted octanol–water partition coefficient (Wildman–Crippen LogP) is 6.20. The molecule has 1 heterocycles. The summed E-state index contributed by atoms with van der Waals surface area (Å²) in [6.07, 6.45) is 7.28. The number of likely N-dealkylation sites (N-methyl/N-ethyl adjacent to an activating group) is 1. The maximum absolute atomic E-state index is 13.6. The van der Waals surface area contributed by atoms with Gasteiger partial charge in [-0.3, -0.25) is 0 Å². The summed E-state index contributed by atoms with van der Waals surface area (Å²) >= 11 is 0. The van der Waals surface area contributed by atoms with Gasteiger partial charge in [0.2, 0.25) is 0 Å². The average molecular weight is 528 g/mol. The van der Waals surface area contributed by atoms with Crippen LogP contribution in [0.1, 0.15) is 60.4 Å². The zero-order valence-corrected chi connectivity index (χ0v) is 23.3. The van der Waals surface area contributed by atoms with Gasteiger partial charge in [0.25, 0.3) is 0 Å². The zero-order chi connectivity index (χ0) is 27.0. The molecule has 0 bridgehead atoms. The number of methoxy groups -OCH3 is 1. The van der Waals surface area contributed by atoms with Gasteiger partial charge in [-0.2, -0.15) is 0 Å². The molecule has 0 spiro atoms. The number of nitrogens with zero attached hydrogens (tertiary/aromatic N) is 2. The summed E-state index contributed by atoms with van der Waals surface area (Å²) in [6.45, 7) is 2.63. The number of fused-ring (bicyclic) bond motifs is 1. The first-order valence-corrected chi connectivity index (χ1v) is 14.3. The summed E-state index contributed by atoms with van der Waals surface area (Å²) in [5, 5.41) is 3.22. The molecule has 6 heteroatoms. The molecular weight excluding hydrogens is 486 g/mol. The summed E-state index contributed by atoms with van der Waals surface area (Å²) < 4.78 is 12.0. The number of ether oxygens (including phenoxy) is 2. The molecule has 39 heavy (non-hydrogen) atoms. The van der Waals surface area contributed by atoms with E-state index in [0.717, 1.165) is 35.4 Å². The highest BCUT2D eigenvalue weighted by Gasteiger charge is 2.33. The van der Waals surface area contributed by atoms with Crippen molar-refractivity contribution in [1.29, 1.82) is 0 Å². The third-order valence-corrected chi connectivity index (χ3v) is 8.21. The molecule has 1 atom stereocenters. The lowest BCUT2D eigenvalue weighted by atomic mass is 9.88. The lowest BCUT2D eigenvalue weighted by Crippen LogP contribution is -2.48. The van der Waals surface area contributed by atoms with Crippen molar-refractivity contribution in [3.8, 4) is 11.5 Å². The number of carbonyl (C=O) groups is 1. The second-order valence-corrected chi connectivity index (χ2v) is 10.7. The van der Waals surface area contributed by atoms with Crippen LogP contribution in [-0.2, 0) is 13.0 Å². The molecule has 1 aliphatic carbocycles. The number of rotatable bonds is 9. The summed E-state index contributed by atoms with van der Waals surface area (Å²) in [5.74, 6) is 1.41. The molecule has 206 valence electrons. The number of nitrogens with one attached hydrogen (secondary N) is 1. The molecule has 1 N–H and O–H groups in total. The minimum atomic E-state index is -0.192. The minimum absolute atomic E-state index is 0.0186. The lowest BCUT2D eigenvalue weighted by molar-refractivity contribution is 0.170. The van der Waals surface area contributed by atoms with Crippen molar-refractivity contribution in [3.63, 3.8) is 0 Å². The summed E-state index contributed by atoms with van der Waals surface area (Å²) in [6, 6.07) is 25.0. The Morgan fingerprint density at radius 2 is 1.69 bits per heavy atom. The molecule has 5 rings (SSSR count). The lowest BCUT2D eigenvalue weighted by Gasteiger charge is -2.38. The van der Waals surface area contributed by atoms with E-state index in [2.05, 4.69) is 53.7 Å². The van der Waals surface area contributed by atoms with Crippen LogP contribution in [0.4, 0.5) is 4.79 Å². The van der Waals surface area contributed by atoms with Crippen molar-refractivity contribution < 1.29 is 14.3 Å². The fourth-order valence-electron chi connectivity index (χ4n) is 5.99. The first-order valence-electron chi connectivity index (χ1n) is 14.3. The molecule has 0 saturated heterocycles. The van der Waals surface area contributed by atoms with Gasteiger partial charge < -0.3 is 24.6 Å². The molecule has 2 aliphatic rings. The van der Waals surface area contributed by atoms with Crippen molar-refractivity contribution >= 4 is 6.03 Å². The van der Waals surface area contributed by atoms with Crippen LogP contribution in [0.5, 0.6) is 11.5 Å². The summed E-state index contributed by atoms with van der Waals surface area (Å²) in [5.41, 5.74) is 4.48. The Balaban J connectivity index is 1.33. The molecule has 1 unspecified atom stereocenters. The number of hydrogen-bond donors (Lipinski definition) is 1. The van der Waals surface area contributed by atoms with Crippen LogP contribution >= 0.6 is 0 Å². The van der Waals surface area contributed by atoms with Crippen LogP contribution in [0.15, 0.2) is 72.8 Å². The number of hydrogen-bond acceptors (Lipinski definition) is 4.